The Morgan fingerprint density at radius 1 is 1.50 bits per heavy atom. The number of carbonyl (C=O) groups is 2. The van der Waals surface area contributed by atoms with Crippen molar-refractivity contribution >= 4 is 11.9 Å². The summed E-state index contributed by atoms with van der Waals surface area (Å²) in [6.07, 6.45) is 0.792. The van der Waals surface area contributed by atoms with Crippen molar-refractivity contribution < 1.29 is 9.59 Å². The summed E-state index contributed by atoms with van der Waals surface area (Å²) in [6.45, 7) is 2.47. The first kappa shape index (κ1) is 10.7. The van der Waals surface area contributed by atoms with Gasteiger partial charge in [-0.3, -0.25) is 4.79 Å². The topological polar surface area (TPSA) is 75.4 Å². The second kappa shape index (κ2) is 5.40. The van der Waals surface area contributed by atoms with E-state index in [9.17, 15) is 9.59 Å². The van der Waals surface area contributed by atoms with Crippen LogP contribution in [0.1, 0.15) is 13.3 Å². The molecule has 0 saturated carbocycles. The van der Waals surface area contributed by atoms with Gasteiger partial charge in [0.1, 0.15) is 6.54 Å². The zero-order valence-electron chi connectivity index (χ0n) is 7.46. The standard InChI is InChI=1S/C7H15N3O2/c1-3-4-10(7(8)12)5-6(11)9-2/h3-5H2,1-2H3,(H2,8,12)(H,9,11). The Bertz CT molecular complexity index is 168. The van der Waals surface area contributed by atoms with E-state index in [2.05, 4.69) is 5.32 Å². The van der Waals surface area contributed by atoms with E-state index in [-0.39, 0.29) is 12.5 Å². The molecule has 0 radical (unpaired) electrons. The number of hydrogen-bond donors (Lipinski definition) is 2. The van der Waals surface area contributed by atoms with Gasteiger partial charge in [0.15, 0.2) is 0 Å². The molecule has 0 fully saturated rings. The maximum Gasteiger partial charge on any atom is 0.315 e. The number of hydrogen-bond acceptors (Lipinski definition) is 2. The smallest absolute Gasteiger partial charge is 0.315 e. The van der Waals surface area contributed by atoms with Gasteiger partial charge in [0, 0.05) is 13.6 Å². The third-order valence-corrected chi connectivity index (χ3v) is 1.42. The number of nitrogens with zero attached hydrogens (tertiary/aromatic N) is 1. The minimum absolute atomic E-state index is 0.0413. The number of carbonyl (C=O) groups excluding carboxylic acids is 2. The van der Waals surface area contributed by atoms with E-state index in [1.807, 2.05) is 6.92 Å². The molecular formula is C7H15N3O2. The molecule has 0 heterocycles. The van der Waals surface area contributed by atoms with Gasteiger partial charge in [-0.15, -0.1) is 0 Å². The summed E-state index contributed by atoms with van der Waals surface area (Å²) in [6, 6.07) is -0.555. The first-order valence-corrected chi connectivity index (χ1v) is 3.86. The molecule has 70 valence electrons. The summed E-state index contributed by atoms with van der Waals surface area (Å²) in [5, 5.41) is 2.42. The predicted molar refractivity (Wildman–Crippen MR) is 45.5 cm³/mol. The molecule has 0 spiro atoms. The van der Waals surface area contributed by atoms with Crippen molar-refractivity contribution in [1.82, 2.24) is 10.2 Å². The first-order valence-electron chi connectivity index (χ1n) is 3.86. The fourth-order valence-electron chi connectivity index (χ4n) is 0.789. The average Bonchev–Trinajstić information content (AvgIpc) is 2.03. The Morgan fingerprint density at radius 2 is 2.08 bits per heavy atom. The number of likely N-dealkylation sites (N-methyl/N-ethyl adjacent to an activating group) is 1. The molecule has 0 aromatic rings. The van der Waals surface area contributed by atoms with Crippen LogP contribution in [0.5, 0.6) is 0 Å². The average molecular weight is 173 g/mol. The lowest BCUT2D eigenvalue weighted by atomic mass is 10.4. The van der Waals surface area contributed by atoms with E-state index >= 15 is 0 Å². The number of rotatable bonds is 4. The molecule has 3 amide bonds. The van der Waals surface area contributed by atoms with E-state index in [0.29, 0.717) is 6.54 Å². The van der Waals surface area contributed by atoms with Crippen LogP contribution in [0.15, 0.2) is 0 Å². The quantitative estimate of drug-likeness (QED) is 0.602. The third kappa shape index (κ3) is 3.80. The van der Waals surface area contributed by atoms with Crippen LogP contribution in [-0.4, -0.2) is 37.0 Å². The molecule has 0 aliphatic carbocycles. The lowest BCUT2D eigenvalue weighted by molar-refractivity contribution is -0.121. The maximum atomic E-state index is 10.8. The van der Waals surface area contributed by atoms with Crippen molar-refractivity contribution in [2.45, 2.75) is 13.3 Å². The third-order valence-electron chi connectivity index (χ3n) is 1.42. The molecule has 0 bridgehead atoms. The molecule has 0 saturated heterocycles. The van der Waals surface area contributed by atoms with Crippen molar-refractivity contribution in [2.75, 3.05) is 20.1 Å². The Morgan fingerprint density at radius 3 is 2.42 bits per heavy atom. The van der Waals surface area contributed by atoms with Gasteiger partial charge < -0.3 is 16.0 Å². The lowest BCUT2D eigenvalue weighted by Crippen LogP contribution is -2.42. The first-order chi connectivity index (χ1) is 5.61. The Hall–Kier alpha value is -1.26. The van der Waals surface area contributed by atoms with Crippen LogP contribution < -0.4 is 11.1 Å². The number of nitrogens with two attached hydrogens (primary N) is 1. The summed E-state index contributed by atoms with van der Waals surface area (Å²) in [4.78, 5) is 22.9. The molecule has 0 aliphatic rings. The highest BCUT2D eigenvalue weighted by molar-refractivity contribution is 5.83. The highest BCUT2D eigenvalue weighted by atomic mass is 16.2. The van der Waals surface area contributed by atoms with Crippen molar-refractivity contribution in [2.24, 2.45) is 5.73 Å². The van der Waals surface area contributed by atoms with Crippen LogP contribution in [0.3, 0.4) is 0 Å². The minimum atomic E-state index is -0.555. The van der Waals surface area contributed by atoms with Gasteiger partial charge in [-0.2, -0.15) is 0 Å². The van der Waals surface area contributed by atoms with Gasteiger partial charge in [-0.25, -0.2) is 4.79 Å². The Kier molecular flexibility index (Phi) is 4.83. The van der Waals surface area contributed by atoms with Crippen molar-refractivity contribution in [3.05, 3.63) is 0 Å². The lowest BCUT2D eigenvalue weighted by Gasteiger charge is -2.17. The Balaban J connectivity index is 3.95. The number of amides is 3. The zero-order chi connectivity index (χ0) is 9.56. The van der Waals surface area contributed by atoms with E-state index < -0.39 is 6.03 Å². The van der Waals surface area contributed by atoms with Crippen LogP contribution in [-0.2, 0) is 4.79 Å². The largest absolute Gasteiger partial charge is 0.358 e. The van der Waals surface area contributed by atoms with Gasteiger partial charge in [0.05, 0.1) is 0 Å². The second-order valence-corrected chi connectivity index (χ2v) is 2.43. The van der Waals surface area contributed by atoms with Gasteiger partial charge in [-0.05, 0) is 6.42 Å². The molecule has 3 N–H and O–H groups in total. The molecule has 0 aliphatic heterocycles. The van der Waals surface area contributed by atoms with Gasteiger partial charge in [0.2, 0.25) is 5.91 Å². The van der Waals surface area contributed by atoms with Gasteiger partial charge in [0.25, 0.3) is 0 Å². The number of nitrogens with one attached hydrogen (secondary N) is 1. The molecular weight excluding hydrogens is 158 g/mol. The fraction of sp³-hybridized carbons (Fsp3) is 0.714. The SMILES string of the molecule is CCCN(CC(=O)NC)C(N)=O. The normalized spacial score (nSPS) is 9.17. The van der Waals surface area contributed by atoms with Crippen molar-refractivity contribution in [3.63, 3.8) is 0 Å². The summed E-state index contributed by atoms with van der Waals surface area (Å²) in [5.74, 6) is -0.206. The van der Waals surface area contributed by atoms with E-state index in [0.717, 1.165) is 6.42 Å². The predicted octanol–water partition coefficient (Wildman–Crippen LogP) is -0.477. The second-order valence-electron chi connectivity index (χ2n) is 2.43. The Labute approximate surface area is 71.9 Å². The molecule has 0 rings (SSSR count). The van der Waals surface area contributed by atoms with Crippen LogP contribution in [0.4, 0.5) is 4.79 Å². The highest BCUT2D eigenvalue weighted by Gasteiger charge is 2.11. The zero-order valence-corrected chi connectivity index (χ0v) is 7.46. The summed E-state index contributed by atoms with van der Waals surface area (Å²) in [7, 11) is 1.52. The molecule has 5 heteroatoms. The van der Waals surface area contributed by atoms with Crippen LogP contribution in [0.2, 0.25) is 0 Å². The fourth-order valence-corrected chi connectivity index (χ4v) is 0.789. The summed E-state index contributed by atoms with van der Waals surface area (Å²) in [5.41, 5.74) is 5.03. The number of urea groups is 1. The summed E-state index contributed by atoms with van der Waals surface area (Å²) < 4.78 is 0. The van der Waals surface area contributed by atoms with Crippen LogP contribution in [0.25, 0.3) is 0 Å². The summed E-state index contributed by atoms with van der Waals surface area (Å²) >= 11 is 0. The maximum absolute atomic E-state index is 10.8. The molecule has 12 heavy (non-hydrogen) atoms. The van der Waals surface area contributed by atoms with E-state index in [1.54, 1.807) is 0 Å². The highest BCUT2D eigenvalue weighted by Crippen LogP contribution is 1.89. The molecule has 5 nitrogen and oxygen atoms in total. The minimum Gasteiger partial charge on any atom is -0.358 e. The van der Waals surface area contributed by atoms with Gasteiger partial charge >= 0.3 is 6.03 Å². The molecule has 0 aromatic carbocycles. The molecule has 0 unspecified atom stereocenters. The van der Waals surface area contributed by atoms with Crippen molar-refractivity contribution in [3.8, 4) is 0 Å². The van der Waals surface area contributed by atoms with Crippen LogP contribution in [0, 0.1) is 0 Å². The monoisotopic (exact) mass is 173 g/mol. The van der Waals surface area contributed by atoms with Gasteiger partial charge in [-0.1, -0.05) is 6.92 Å². The van der Waals surface area contributed by atoms with Crippen LogP contribution >= 0.6 is 0 Å². The van der Waals surface area contributed by atoms with E-state index in [4.69, 9.17) is 5.73 Å². The molecule has 0 aromatic heterocycles. The number of primary amides is 1. The molecule has 0 atom stereocenters. The van der Waals surface area contributed by atoms with E-state index in [1.165, 1.54) is 11.9 Å². The van der Waals surface area contributed by atoms with Crippen molar-refractivity contribution in [1.29, 1.82) is 0 Å².